The Morgan fingerprint density at radius 3 is 2.57 bits per heavy atom. The van der Waals surface area contributed by atoms with E-state index >= 15 is 0 Å². The molecular weight excluding hydrogens is 388 g/mol. The van der Waals surface area contributed by atoms with Crippen molar-refractivity contribution < 1.29 is 23.9 Å². The lowest BCUT2D eigenvalue weighted by atomic mass is 10.3. The second-order valence-electron chi connectivity index (χ2n) is 5.45. The monoisotopic (exact) mass is 402 g/mol. The highest BCUT2D eigenvalue weighted by atomic mass is 35.5. The summed E-state index contributed by atoms with van der Waals surface area (Å²) in [5.74, 6) is -0.344. The summed E-state index contributed by atoms with van der Waals surface area (Å²) >= 11 is 6.10. The van der Waals surface area contributed by atoms with Gasteiger partial charge in [-0.25, -0.2) is 19.1 Å². The molecule has 0 bridgehead atoms. The lowest BCUT2D eigenvalue weighted by molar-refractivity contribution is -0.121. The van der Waals surface area contributed by atoms with E-state index in [0.717, 1.165) is 4.57 Å². The predicted molar refractivity (Wildman–Crippen MR) is 102 cm³/mol. The lowest BCUT2D eigenvalue weighted by Gasteiger charge is -2.10. The van der Waals surface area contributed by atoms with E-state index in [9.17, 15) is 14.4 Å². The molecule has 9 nitrogen and oxygen atoms in total. The quantitative estimate of drug-likeness (QED) is 0.693. The third kappa shape index (κ3) is 4.21. The Balaban J connectivity index is 1.81. The molecule has 1 aromatic heterocycles. The summed E-state index contributed by atoms with van der Waals surface area (Å²) in [6.07, 6.45) is -0.834. The van der Waals surface area contributed by atoms with Crippen molar-refractivity contribution in [3.63, 3.8) is 0 Å². The van der Waals surface area contributed by atoms with Gasteiger partial charge < -0.3 is 9.47 Å². The summed E-state index contributed by atoms with van der Waals surface area (Å²) in [7, 11) is 1.17. The van der Waals surface area contributed by atoms with Crippen LogP contribution in [0.1, 0.15) is 0 Å². The molecule has 0 atom stereocenters. The molecule has 0 saturated carbocycles. The number of halogens is 1. The van der Waals surface area contributed by atoms with Crippen molar-refractivity contribution in [2.24, 2.45) is 0 Å². The van der Waals surface area contributed by atoms with E-state index in [-0.39, 0.29) is 23.1 Å². The van der Waals surface area contributed by atoms with Crippen LogP contribution < -0.4 is 15.4 Å². The molecule has 0 aliphatic carbocycles. The number of rotatable bonds is 4. The highest BCUT2D eigenvalue weighted by Crippen LogP contribution is 2.26. The SMILES string of the molecule is COC(=O)Nc1nc2c(Cl)cccc2n1C(=O)NC(=O)COc1ccccc1. The van der Waals surface area contributed by atoms with Gasteiger partial charge in [-0.1, -0.05) is 35.9 Å². The van der Waals surface area contributed by atoms with Gasteiger partial charge in [0.1, 0.15) is 11.3 Å². The molecule has 10 heteroatoms. The van der Waals surface area contributed by atoms with Gasteiger partial charge in [0.05, 0.1) is 17.6 Å². The van der Waals surface area contributed by atoms with Crippen LogP contribution in [0.4, 0.5) is 15.5 Å². The molecule has 0 spiro atoms. The van der Waals surface area contributed by atoms with E-state index in [0.29, 0.717) is 11.3 Å². The number of hydrogen-bond donors (Lipinski definition) is 2. The number of nitrogens with zero attached hydrogens (tertiary/aromatic N) is 2. The first kappa shape index (κ1) is 19.2. The molecule has 144 valence electrons. The Morgan fingerprint density at radius 2 is 1.86 bits per heavy atom. The molecule has 3 rings (SSSR count). The maximum Gasteiger partial charge on any atom is 0.413 e. The summed E-state index contributed by atoms with van der Waals surface area (Å²) in [5.41, 5.74) is 0.576. The number of hydrogen-bond acceptors (Lipinski definition) is 6. The number of para-hydroxylation sites is 2. The van der Waals surface area contributed by atoms with Crippen molar-refractivity contribution >= 4 is 46.6 Å². The van der Waals surface area contributed by atoms with Crippen LogP contribution in [0.15, 0.2) is 48.5 Å². The topological polar surface area (TPSA) is 112 Å². The minimum atomic E-state index is -0.835. The van der Waals surface area contributed by atoms with Gasteiger partial charge in [-0.2, -0.15) is 0 Å². The summed E-state index contributed by atoms with van der Waals surface area (Å²) in [5, 5.41) is 4.77. The number of aromatic nitrogens is 2. The number of anilines is 1. The van der Waals surface area contributed by atoms with Crippen LogP contribution in [-0.2, 0) is 9.53 Å². The minimum Gasteiger partial charge on any atom is -0.484 e. The number of imide groups is 1. The second kappa shape index (κ2) is 8.40. The van der Waals surface area contributed by atoms with Crippen molar-refractivity contribution in [1.82, 2.24) is 14.9 Å². The molecule has 0 fully saturated rings. The molecule has 0 radical (unpaired) electrons. The standard InChI is InChI=1S/C18H15ClN4O5/c1-27-18(26)22-16-21-15-12(19)8-5-9-13(15)23(16)17(25)20-14(24)10-28-11-6-3-2-4-7-11/h2-9H,10H2,1H3,(H,20,24,25)(H,21,22,26). The average Bonchev–Trinajstić information content (AvgIpc) is 3.06. The molecule has 0 aliphatic rings. The number of carbonyl (C=O) groups is 3. The summed E-state index contributed by atoms with van der Waals surface area (Å²) in [4.78, 5) is 40.4. The first-order valence-electron chi connectivity index (χ1n) is 8.03. The van der Waals surface area contributed by atoms with Crippen LogP contribution in [-0.4, -0.2) is 41.3 Å². The van der Waals surface area contributed by atoms with Gasteiger partial charge in [0.2, 0.25) is 5.95 Å². The predicted octanol–water partition coefficient (Wildman–Crippen LogP) is 3.03. The Bertz CT molecular complexity index is 1040. The highest BCUT2D eigenvalue weighted by Gasteiger charge is 2.21. The van der Waals surface area contributed by atoms with Crippen LogP contribution in [0, 0.1) is 0 Å². The van der Waals surface area contributed by atoms with Gasteiger partial charge in [-0.15, -0.1) is 0 Å². The Morgan fingerprint density at radius 1 is 1.11 bits per heavy atom. The van der Waals surface area contributed by atoms with Gasteiger partial charge in [-0.05, 0) is 24.3 Å². The normalized spacial score (nSPS) is 10.4. The van der Waals surface area contributed by atoms with Crippen LogP contribution in [0.2, 0.25) is 5.02 Å². The van der Waals surface area contributed by atoms with Gasteiger partial charge in [0.15, 0.2) is 6.61 Å². The van der Waals surface area contributed by atoms with E-state index in [1.807, 2.05) is 6.07 Å². The number of carbonyl (C=O) groups excluding carboxylic acids is 3. The van der Waals surface area contributed by atoms with E-state index in [4.69, 9.17) is 16.3 Å². The zero-order valence-corrected chi connectivity index (χ0v) is 15.4. The summed E-state index contributed by atoms with van der Waals surface area (Å²) in [6, 6.07) is 12.6. The van der Waals surface area contributed by atoms with Crippen LogP contribution in [0.3, 0.4) is 0 Å². The third-order valence-corrected chi connectivity index (χ3v) is 3.90. The van der Waals surface area contributed by atoms with Gasteiger partial charge >= 0.3 is 12.1 Å². The van der Waals surface area contributed by atoms with Crippen LogP contribution >= 0.6 is 11.6 Å². The fourth-order valence-electron chi connectivity index (χ4n) is 2.37. The van der Waals surface area contributed by atoms with Crippen molar-refractivity contribution in [2.75, 3.05) is 19.0 Å². The van der Waals surface area contributed by atoms with Crippen LogP contribution in [0.5, 0.6) is 5.75 Å². The Hall–Kier alpha value is -3.59. The second-order valence-corrected chi connectivity index (χ2v) is 5.86. The zero-order valence-electron chi connectivity index (χ0n) is 14.6. The fraction of sp³-hybridized carbons (Fsp3) is 0.111. The first-order valence-corrected chi connectivity index (χ1v) is 8.41. The molecule has 3 amide bonds. The Kier molecular flexibility index (Phi) is 5.75. The molecule has 3 aromatic rings. The smallest absolute Gasteiger partial charge is 0.413 e. The lowest BCUT2D eigenvalue weighted by Crippen LogP contribution is -2.38. The van der Waals surface area contributed by atoms with Crippen molar-refractivity contribution in [3.05, 3.63) is 53.6 Å². The first-order chi connectivity index (χ1) is 13.5. The van der Waals surface area contributed by atoms with E-state index in [1.54, 1.807) is 42.5 Å². The molecule has 28 heavy (non-hydrogen) atoms. The largest absolute Gasteiger partial charge is 0.484 e. The maximum absolute atomic E-state index is 12.6. The maximum atomic E-state index is 12.6. The molecule has 0 aliphatic heterocycles. The number of ether oxygens (including phenoxy) is 2. The van der Waals surface area contributed by atoms with Crippen molar-refractivity contribution in [3.8, 4) is 5.75 Å². The minimum absolute atomic E-state index is 0.149. The molecule has 2 aromatic carbocycles. The van der Waals surface area contributed by atoms with E-state index in [1.165, 1.54) is 7.11 Å². The number of imidazole rings is 1. The van der Waals surface area contributed by atoms with Crippen molar-refractivity contribution in [2.45, 2.75) is 0 Å². The number of nitrogens with one attached hydrogen (secondary N) is 2. The molecule has 0 unspecified atom stereocenters. The van der Waals surface area contributed by atoms with Gasteiger partial charge in [0.25, 0.3) is 5.91 Å². The van der Waals surface area contributed by atoms with Gasteiger partial charge in [0, 0.05) is 0 Å². The molecule has 1 heterocycles. The van der Waals surface area contributed by atoms with E-state index in [2.05, 4.69) is 20.4 Å². The number of amides is 3. The summed E-state index contributed by atoms with van der Waals surface area (Å²) < 4.78 is 10.8. The van der Waals surface area contributed by atoms with Crippen molar-refractivity contribution in [1.29, 1.82) is 0 Å². The van der Waals surface area contributed by atoms with Gasteiger partial charge in [-0.3, -0.25) is 15.4 Å². The fourth-order valence-corrected chi connectivity index (χ4v) is 2.59. The number of benzene rings is 2. The molecule has 2 N–H and O–H groups in total. The number of fused-ring (bicyclic) bond motifs is 1. The van der Waals surface area contributed by atoms with E-state index < -0.39 is 18.0 Å². The molecular formula is C18H15ClN4O5. The Labute approximate surface area is 164 Å². The third-order valence-electron chi connectivity index (χ3n) is 3.60. The zero-order chi connectivity index (χ0) is 20.1. The highest BCUT2D eigenvalue weighted by molar-refractivity contribution is 6.35. The number of methoxy groups -OCH3 is 1. The average molecular weight is 403 g/mol. The van der Waals surface area contributed by atoms with Crippen LogP contribution in [0.25, 0.3) is 11.0 Å². The molecule has 0 saturated heterocycles. The summed E-state index contributed by atoms with van der Waals surface area (Å²) in [6.45, 7) is -0.372.